The van der Waals surface area contributed by atoms with Crippen LogP contribution in [0, 0.1) is 46.3 Å². The minimum absolute atomic E-state index is 0.124. The first-order valence-corrected chi connectivity index (χ1v) is 16.8. The highest BCUT2D eigenvalue weighted by molar-refractivity contribution is 5.25. The second kappa shape index (κ2) is 11.7. The Labute approximate surface area is 252 Å². The van der Waals surface area contributed by atoms with Gasteiger partial charge in [0.05, 0.1) is 19.3 Å². The molecule has 6 aliphatic rings. The number of methoxy groups -OCH3 is 1. The van der Waals surface area contributed by atoms with E-state index in [0.717, 1.165) is 31.1 Å². The molecule has 4 aliphatic carbocycles. The van der Waals surface area contributed by atoms with E-state index in [9.17, 15) is 20.4 Å². The third kappa shape index (κ3) is 4.86. The van der Waals surface area contributed by atoms with Gasteiger partial charge in [0, 0.05) is 19.4 Å². The standard InChI is InChI=1S/C34H56O8/c1-19(18-40-31-30(38)29(37)28(36)26(17-35)41-31)11-15-34(39-5)20(2)27-25(42-34)16-24-22-10-9-21-8-6-7-13-32(21,3)23(22)12-14-33(24,27)4/h9,19-20,22-31,35-38H,6-8,10-18H2,1-5H3/t19-,20+,22-,23+,24+,25+,26-,27+,28-,29-,30-,31-,32+,33+,34-/m1/s1. The first-order chi connectivity index (χ1) is 20.0. The van der Waals surface area contributed by atoms with Gasteiger partial charge in [0.2, 0.25) is 0 Å². The quantitative estimate of drug-likeness (QED) is 0.310. The van der Waals surface area contributed by atoms with Gasteiger partial charge in [-0.3, -0.25) is 0 Å². The molecular formula is C34H56O8. The highest BCUT2D eigenvalue weighted by atomic mass is 16.7. The Morgan fingerprint density at radius 1 is 1.07 bits per heavy atom. The van der Waals surface area contributed by atoms with E-state index in [0.29, 0.717) is 23.9 Å². The Balaban J connectivity index is 1.08. The molecule has 2 heterocycles. The van der Waals surface area contributed by atoms with Crippen molar-refractivity contribution in [3.8, 4) is 0 Å². The van der Waals surface area contributed by atoms with Crippen molar-refractivity contribution in [2.75, 3.05) is 20.3 Å². The van der Waals surface area contributed by atoms with Gasteiger partial charge in [-0.25, -0.2) is 0 Å². The van der Waals surface area contributed by atoms with E-state index >= 15 is 0 Å². The molecule has 8 nitrogen and oxygen atoms in total. The number of allylic oxidation sites excluding steroid dienone is 2. The zero-order valence-electron chi connectivity index (χ0n) is 26.4. The lowest BCUT2D eigenvalue weighted by Crippen LogP contribution is -2.59. The monoisotopic (exact) mass is 592 g/mol. The van der Waals surface area contributed by atoms with E-state index in [-0.39, 0.29) is 23.4 Å². The van der Waals surface area contributed by atoms with Crippen LogP contribution in [0.3, 0.4) is 0 Å². The first-order valence-electron chi connectivity index (χ1n) is 16.8. The Kier molecular flexibility index (Phi) is 8.71. The minimum Gasteiger partial charge on any atom is -0.394 e. The van der Waals surface area contributed by atoms with E-state index < -0.39 is 43.1 Å². The minimum atomic E-state index is -1.43. The summed E-state index contributed by atoms with van der Waals surface area (Å²) in [5.74, 6) is 2.60. The maximum absolute atomic E-state index is 10.3. The fourth-order valence-electron chi connectivity index (χ4n) is 11.0. The number of aliphatic hydroxyl groups is 4. The first kappa shape index (κ1) is 31.4. The largest absolute Gasteiger partial charge is 0.394 e. The van der Waals surface area contributed by atoms with Crippen molar-refractivity contribution < 1.29 is 39.4 Å². The Hall–Kier alpha value is -0.580. The van der Waals surface area contributed by atoms with Crippen molar-refractivity contribution in [1.82, 2.24) is 0 Å². The summed E-state index contributed by atoms with van der Waals surface area (Å²) >= 11 is 0. The molecule has 0 unspecified atom stereocenters. The lowest BCUT2D eigenvalue weighted by Gasteiger charge is -2.58. The van der Waals surface area contributed by atoms with Crippen LogP contribution in [-0.4, -0.2) is 83.3 Å². The SMILES string of the molecule is CO[C@]1(CC[C@@H](C)CO[C@@H]2O[C@H](CO)[C@@H](O)[C@@H](O)[C@H]2O)O[C@H]2C[C@H]3[C@@H]4CC=C5CCCC[C@]5(C)[C@H]4CC[C@]3(C)[C@H]2[C@@H]1C. The van der Waals surface area contributed by atoms with Crippen molar-refractivity contribution in [3.63, 3.8) is 0 Å². The molecule has 2 aliphatic heterocycles. The molecule has 0 amide bonds. The molecule has 15 atom stereocenters. The fourth-order valence-corrected chi connectivity index (χ4v) is 11.0. The molecule has 0 radical (unpaired) electrons. The van der Waals surface area contributed by atoms with Crippen LogP contribution >= 0.6 is 0 Å². The third-order valence-corrected chi connectivity index (χ3v) is 13.4. The summed E-state index contributed by atoms with van der Waals surface area (Å²) in [7, 11) is 1.79. The molecule has 0 aromatic carbocycles. The molecule has 4 N–H and O–H groups in total. The number of ether oxygens (including phenoxy) is 4. The van der Waals surface area contributed by atoms with Gasteiger partial charge < -0.3 is 39.4 Å². The maximum Gasteiger partial charge on any atom is 0.186 e. The third-order valence-electron chi connectivity index (χ3n) is 13.4. The van der Waals surface area contributed by atoms with E-state index in [4.69, 9.17) is 18.9 Å². The average Bonchev–Trinajstić information content (AvgIpc) is 3.44. The number of hydrogen-bond acceptors (Lipinski definition) is 8. The predicted octanol–water partition coefficient (Wildman–Crippen LogP) is 4.18. The Morgan fingerprint density at radius 2 is 1.86 bits per heavy atom. The summed E-state index contributed by atoms with van der Waals surface area (Å²) < 4.78 is 24.6. The van der Waals surface area contributed by atoms with E-state index in [1.807, 2.05) is 0 Å². The highest BCUT2D eigenvalue weighted by Crippen LogP contribution is 2.70. The van der Waals surface area contributed by atoms with Crippen LogP contribution in [0.5, 0.6) is 0 Å². The fraction of sp³-hybridized carbons (Fsp3) is 0.941. The Bertz CT molecular complexity index is 1000. The summed E-state index contributed by atoms with van der Waals surface area (Å²) in [6.45, 7) is 9.44. The molecule has 8 heteroatoms. The van der Waals surface area contributed by atoms with Crippen molar-refractivity contribution in [2.24, 2.45) is 46.3 Å². The average molecular weight is 593 g/mol. The van der Waals surface area contributed by atoms with Gasteiger partial charge in [-0.05, 0) is 91.8 Å². The molecule has 2 saturated heterocycles. The molecule has 42 heavy (non-hydrogen) atoms. The summed E-state index contributed by atoms with van der Waals surface area (Å²) in [6, 6.07) is 0. The second-order valence-electron chi connectivity index (χ2n) is 15.4. The van der Waals surface area contributed by atoms with Crippen LogP contribution in [0.1, 0.15) is 91.9 Å². The summed E-state index contributed by atoms with van der Waals surface area (Å²) in [5, 5.41) is 39.9. The van der Waals surface area contributed by atoms with Gasteiger partial charge in [0.1, 0.15) is 24.4 Å². The topological polar surface area (TPSA) is 118 Å². The van der Waals surface area contributed by atoms with Crippen LogP contribution in [0.15, 0.2) is 11.6 Å². The van der Waals surface area contributed by atoms with Gasteiger partial charge in [-0.2, -0.15) is 0 Å². The van der Waals surface area contributed by atoms with Gasteiger partial charge in [0.25, 0.3) is 0 Å². The van der Waals surface area contributed by atoms with Crippen LogP contribution in [0.2, 0.25) is 0 Å². The number of aliphatic hydroxyl groups excluding tert-OH is 4. The zero-order valence-corrected chi connectivity index (χ0v) is 26.4. The Morgan fingerprint density at radius 3 is 2.60 bits per heavy atom. The molecule has 240 valence electrons. The lowest BCUT2D eigenvalue weighted by molar-refractivity contribution is -0.303. The van der Waals surface area contributed by atoms with Crippen LogP contribution in [0.4, 0.5) is 0 Å². The van der Waals surface area contributed by atoms with E-state index in [1.54, 1.807) is 12.7 Å². The number of hydrogen-bond donors (Lipinski definition) is 4. The molecule has 3 saturated carbocycles. The van der Waals surface area contributed by atoms with Crippen molar-refractivity contribution in [1.29, 1.82) is 0 Å². The van der Waals surface area contributed by atoms with Crippen molar-refractivity contribution in [3.05, 3.63) is 11.6 Å². The molecule has 0 aromatic heterocycles. The normalized spacial score (nSPS) is 52.6. The van der Waals surface area contributed by atoms with Crippen molar-refractivity contribution in [2.45, 2.75) is 135 Å². The molecule has 0 spiro atoms. The zero-order chi connectivity index (χ0) is 30.0. The van der Waals surface area contributed by atoms with Crippen LogP contribution in [-0.2, 0) is 18.9 Å². The number of fused-ring (bicyclic) bond motifs is 7. The van der Waals surface area contributed by atoms with Gasteiger partial charge >= 0.3 is 0 Å². The van der Waals surface area contributed by atoms with Gasteiger partial charge in [-0.15, -0.1) is 0 Å². The predicted molar refractivity (Wildman–Crippen MR) is 157 cm³/mol. The van der Waals surface area contributed by atoms with Gasteiger partial charge in [0.15, 0.2) is 12.1 Å². The molecular weight excluding hydrogens is 536 g/mol. The van der Waals surface area contributed by atoms with Crippen LogP contribution in [0.25, 0.3) is 0 Å². The lowest BCUT2D eigenvalue weighted by atomic mass is 9.47. The molecule has 6 rings (SSSR count). The molecule has 0 bridgehead atoms. The highest BCUT2D eigenvalue weighted by Gasteiger charge is 2.68. The van der Waals surface area contributed by atoms with E-state index in [1.165, 1.54) is 44.9 Å². The van der Waals surface area contributed by atoms with E-state index in [2.05, 4.69) is 33.8 Å². The summed E-state index contributed by atoms with van der Waals surface area (Å²) in [6.07, 6.45) is 8.65. The van der Waals surface area contributed by atoms with Crippen molar-refractivity contribution >= 4 is 0 Å². The summed E-state index contributed by atoms with van der Waals surface area (Å²) in [5.41, 5.74) is 2.46. The summed E-state index contributed by atoms with van der Waals surface area (Å²) in [4.78, 5) is 0. The maximum atomic E-state index is 10.3. The molecule has 0 aromatic rings. The van der Waals surface area contributed by atoms with Crippen LogP contribution < -0.4 is 0 Å². The molecule has 5 fully saturated rings. The number of rotatable bonds is 8. The second-order valence-corrected chi connectivity index (χ2v) is 15.4. The van der Waals surface area contributed by atoms with Gasteiger partial charge in [-0.1, -0.05) is 45.8 Å². The smallest absolute Gasteiger partial charge is 0.186 e.